The minimum atomic E-state index is 0.191. The summed E-state index contributed by atoms with van der Waals surface area (Å²) in [4.78, 5) is 18.3. The number of rotatable bonds is 2. The molecule has 2 heterocycles. The second-order valence-corrected chi connectivity index (χ2v) is 7.07. The molecule has 0 aromatic heterocycles. The quantitative estimate of drug-likeness (QED) is 0.839. The molecule has 1 aromatic carbocycles. The predicted octanol–water partition coefficient (Wildman–Crippen LogP) is 2.76. The van der Waals surface area contributed by atoms with Crippen LogP contribution in [0.25, 0.3) is 0 Å². The number of piperazine rings is 1. The number of nitrogens with zero attached hydrogens (tertiary/aromatic N) is 3. The average Bonchev–Trinajstić information content (AvgIpc) is 2.54. The van der Waals surface area contributed by atoms with E-state index in [4.69, 9.17) is 0 Å². The van der Waals surface area contributed by atoms with E-state index in [1.165, 1.54) is 29.8 Å². The zero-order valence-electron chi connectivity index (χ0n) is 14.9. The van der Waals surface area contributed by atoms with Crippen molar-refractivity contribution in [2.75, 3.05) is 43.0 Å². The highest BCUT2D eigenvalue weighted by Gasteiger charge is 2.29. The van der Waals surface area contributed by atoms with E-state index in [-0.39, 0.29) is 5.91 Å². The summed E-state index contributed by atoms with van der Waals surface area (Å²) in [5.74, 6) is 0.887. The minimum absolute atomic E-state index is 0.191. The number of carbonyl (C=O) groups is 1. The van der Waals surface area contributed by atoms with Gasteiger partial charge in [0.25, 0.3) is 0 Å². The van der Waals surface area contributed by atoms with Crippen LogP contribution in [0, 0.1) is 5.92 Å². The lowest BCUT2D eigenvalue weighted by Gasteiger charge is -2.41. The zero-order valence-corrected chi connectivity index (χ0v) is 14.9. The van der Waals surface area contributed by atoms with Gasteiger partial charge in [0.2, 0.25) is 5.91 Å². The second kappa shape index (κ2) is 6.42. The molecule has 0 N–H and O–H groups in total. The van der Waals surface area contributed by atoms with Gasteiger partial charge in [-0.25, -0.2) is 0 Å². The molecule has 1 aromatic rings. The molecular formula is C19H29N3O. The Bertz CT molecular complexity index is 578. The topological polar surface area (TPSA) is 26.8 Å². The first-order valence-electron chi connectivity index (χ1n) is 8.87. The molecule has 4 nitrogen and oxygen atoms in total. The molecular weight excluding hydrogens is 286 g/mol. The number of benzene rings is 1. The first-order valence-corrected chi connectivity index (χ1v) is 8.87. The smallest absolute Gasteiger partial charge is 0.219 e. The van der Waals surface area contributed by atoms with Crippen molar-refractivity contribution in [3.8, 4) is 0 Å². The highest BCUT2D eigenvalue weighted by molar-refractivity contribution is 5.73. The number of amides is 1. The molecule has 126 valence electrons. The number of carbonyl (C=O) groups excluding carboxylic acids is 1. The van der Waals surface area contributed by atoms with E-state index in [1.807, 2.05) is 4.90 Å². The van der Waals surface area contributed by atoms with Crippen molar-refractivity contribution in [1.82, 2.24) is 4.90 Å². The average molecular weight is 315 g/mol. The summed E-state index contributed by atoms with van der Waals surface area (Å²) < 4.78 is 0. The fourth-order valence-electron chi connectivity index (χ4n) is 4.28. The number of hydrogen-bond donors (Lipinski definition) is 0. The number of anilines is 2. The van der Waals surface area contributed by atoms with Gasteiger partial charge < -0.3 is 14.7 Å². The van der Waals surface area contributed by atoms with Crippen molar-refractivity contribution >= 4 is 17.3 Å². The standard InChI is InChI=1S/C19H29N3O/c1-5-18-14(2)12-16-13-17(6-7-19(16)20(18)4)22-10-8-21(9-11-22)15(3)23/h6-7,13-14,18H,5,8-12H2,1-4H3/t14?,18-/m0/s1. The lowest BCUT2D eigenvalue weighted by molar-refractivity contribution is -0.129. The summed E-state index contributed by atoms with van der Waals surface area (Å²) in [7, 11) is 2.23. The van der Waals surface area contributed by atoms with Crippen LogP contribution in [0.1, 0.15) is 32.8 Å². The molecule has 1 unspecified atom stereocenters. The van der Waals surface area contributed by atoms with Gasteiger partial charge in [-0.15, -0.1) is 0 Å². The van der Waals surface area contributed by atoms with Crippen LogP contribution in [0.3, 0.4) is 0 Å². The SMILES string of the molecule is CC[C@H]1C(C)Cc2cc(N3CCN(C(C)=O)CC3)ccc2N1C. The Morgan fingerprint density at radius 3 is 2.52 bits per heavy atom. The van der Waals surface area contributed by atoms with Crippen LogP contribution in [0.4, 0.5) is 11.4 Å². The van der Waals surface area contributed by atoms with Crippen LogP contribution < -0.4 is 9.80 Å². The van der Waals surface area contributed by atoms with E-state index in [9.17, 15) is 4.79 Å². The van der Waals surface area contributed by atoms with E-state index < -0.39 is 0 Å². The van der Waals surface area contributed by atoms with Gasteiger partial charge in [-0.05, 0) is 42.5 Å². The third-order valence-electron chi connectivity index (χ3n) is 5.65. The van der Waals surface area contributed by atoms with Crippen molar-refractivity contribution in [1.29, 1.82) is 0 Å². The molecule has 0 aliphatic carbocycles. The molecule has 2 atom stereocenters. The molecule has 2 aliphatic rings. The first-order chi connectivity index (χ1) is 11.0. The van der Waals surface area contributed by atoms with Gasteiger partial charge in [-0.1, -0.05) is 13.8 Å². The predicted molar refractivity (Wildman–Crippen MR) is 96.3 cm³/mol. The van der Waals surface area contributed by atoms with Crippen LogP contribution in [0.2, 0.25) is 0 Å². The third-order valence-corrected chi connectivity index (χ3v) is 5.65. The van der Waals surface area contributed by atoms with E-state index in [0.29, 0.717) is 12.0 Å². The molecule has 1 amide bonds. The third kappa shape index (κ3) is 3.04. The number of hydrogen-bond acceptors (Lipinski definition) is 3. The highest BCUT2D eigenvalue weighted by Crippen LogP contribution is 2.36. The largest absolute Gasteiger partial charge is 0.371 e. The summed E-state index contributed by atoms with van der Waals surface area (Å²) in [6.45, 7) is 9.84. The molecule has 1 fully saturated rings. The van der Waals surface area contributed by atoms with Crippen LogP contribution in [0.15, 0.2) is 18.2 Å². The monoisotopic (exact) mass is 315 g/mol. The van der Waals surface area contributed by atoms with Gasteiger partial charge in [-0.2, -0.15) is 0 Å². The van der Waals surface area contributed by atoms with Gasteiger partial charge in [0.05, 0.1) is 0 Å². The highest BCUT2D eigenvalue weighted by atomic mass is 16.2. The Labute approximate surface area is 140 Å². The maximum Gasteiger partial charge on any atom is 0.219 e. The molecule has 4 heteroatoms. The Kier molecular flexibility index (Phi) is 4.51. The van der Waals surface area contributed by atoms with E-state index >= 15 is 0 Å². The fraction of sp³-hybridized carbons (Fsp3) is 0.632. The normalized spacial score (nSPS) is 24.6. The molecule has 23 heavy (non-hydrogen) atoms. The Balaban J connectivity index is 1.77. The minimum Gasteiger partial charge on any atom is -0.371 e. The first kappa shape index (κ1) is 16.2. The van der Waals surface area contributed by atoms with Crippen LogP contribution in [0.5, 0.6) is 0 Å². The summed E-state index contributed by atoms with van der Waals surface area (Å²) >= 11 is 0. The van der Waals surface area contributed by atoms with E-state index in [0.717, 1.165) is 26.2 Å². The lowest BCUT2D eigenvalue weighted by atomic mass is 9.85. The molecule has 0 spiro atoms. The van der Waals surface area contributed by atoms with Crippen molar-refractivity contribution in [3.63, 3.8) is 0 Å². The van der Waals surface area contributed by atoms with Crippen molar-refractivity contribution in [2.45, 2.75) is 39.7 Å². The summed E-state index contributed by atoms with van der Waals surface area (Å²) in [6.07, 6.45) is 2.37. The number of fused-ring (bicyclic) bond motifs is 1. The molecule has 3 rings (SSSR count). The molecule has 0 saturated carbocycles. The summed E-state index contributed by atoms with van der Waals surface area (Å²) in [6, 6.07) is 7.56. The van der Waals surface area contributed by atoms with Gasteiger partial charge in [0.15, 0.2) is 0 Å². The maximum absolute atomic E-state index is 11.5. The van der Waals surface area contributed by atoms with Crippen molar-refractivity contribution in [2.24, 2.45) is 5.92 Å². The fourth-order valence-corrected chi connectivity index (χ4v) is 4.28. The lowest BCUT2D eigenvalue weighted by Crippen LogP contribution is -2.48. The van der Waals surface area contributed by atoms with Gasteiger partial charge >= 0.3 is 0 Å². The van der Waals surface area contributed by atoms with Crippen molar-refractivity contribution in [3.05, 3.63) is 23.8 Å². The van der Waals surface area contributed by atoms with Gasteiger partial charge in [0.1, 0.15) is 0 Å². The van der Waals surface area contributed by atoms with Crippen molar-refractivity contribution < 1.29 is 4.79 Å². The van der Waals surface area contributed by atoms with Crippen LogP contribution in [-0.4, -0.2) is 50.1 Å². The molecule has 0 radical (unpaired) electrons. The van der Waals surface area contributed by atoms with E-state index in [1.54, 1.807) is 6.92 Å². The van der Waals surface area contributed by atoms with Gasteiger partial charge in [-0.3, -0.25) is 4.79 Å². The molecule has 0 bridgehead atoms. The van der Waals surface area contributed by atoms with E-state index in [2.05, 4.69) is 48.9 Å². The molecule has 1 saturated heterocycles. The van der Waals surface area contributed by atoms with Gasteiger partial charge in [0, 0.05) is 57.6 Å². The Morgan fingerprint density at radius 1 is 1.22 bits per heavy atom. The van der Waals surface area contributed by atoms with Crippen LogP contribution in [-0.2, 0) is 11.2 Å². The maximum atomic E-state index is 11.5. The zero-order chi connectivity index (χ0) is 16.6. The summed E-state index contributed by atoms with van der Waals surface area (Å²) in [5.41, 5.74) is 4.17. The molecule has 2 aliphatic heterocycles. The Hall–Kier alpha value is -1.71. The van der Waals surface area contributed by atoms with Crippen LogP contribution >= 0.6 is 0 Å². The second-order valence-electron chi connectivity index (χ2n) is 7.07. The summed E-state index contributed by atoms with van der Waals surface area (Å²) in [5, 5.41) is 0. The Morgan fingerprint density at radius 2 is 1.91 bits per heavy atom.